The summed E-state index contributed by atoms with van der Waals surface area (Å²) < 4.78 is 0.889. The van der Waals surface area contributed by atoms with Crippen LogP contribution in [0, 0.1) is 0 Å². The number of hydrogen-bond acceptors (Lipinski definition) is 2. The molecule has 0 unspecified atom stereocenters. The van der Waals surface area contributed by atoms with E-state index >= 15 is 0 Å². The van der Waals surface area contributed by atoms with Gasteiger partial charge in [0.15, 0.2) is 0 Å². The van der Waals surface area contributed by atoms with Crippen LogP contribution < -0.4 is 0 Å². The highest BCUT2D eigenvalue weighted by Gasteiger charge is 2.09. The molecule has 0 nitrogen and oxygen atoms in total. The molecule has 0 bridgehead atoms. The van der Waals surface area contributed by atoms with Gasteiger partial charge in [-0.25, -0.2) is 0 Å². The zero-order valence-electron chi connectivity index (χ0n) is 5.89. The normalized spacial score (nSPS) is 11.2. The van der Waals surface area contributed by atoms with Crippen LogP contribution >= 0.6 is 23.5 Å². The molecule has 0 saturated carbocycles. The highest BCUT2D eigenvalue weighted by Crippen LogP contribution is 2.20. The quantitative estimate of drug-likeness (QED) is 0.465. The minimum Gasteiger partial charge on any atom is -0.155 e. The molecule has 0 amide bonds. The molecule has 0 aliphatic carbocycles. The lowest BCUT2D eigenvalue weighted by molar-refractivity contribution is 1.77. The van der Waals surface area contributed by atoms with Gasteiger partial charge in [0.1, 0.15) is 0 Å². The van der Waals surface area contributed by atoms with E-state index in [1.807, 2.05) is 23.5 Å². The molecule has 1 radical (unpaired) electrons. The Balaban J connectivity index is 3.35. The Morgan fingerprint density at radius 2 is 1.50 bits per heavy atom. The molecule has 49 valence electrons. The molecule has 0 aromatic heterocycles. The summed E-state index contributed by atoms with van der Waals surface area (Å²) in [4.78, 5) is 0. The van der Waals surface area contributed by atoms with E-state index < -0.39 is 0 Å². The fraction of sp³-hybridized carbons (Fsp3) is 1.00. The summed E-state index contributed by atoms with van der Waals surface area (Å²) >= 11 is 3.97. The van der Waals surface area contributed by atoms with Crippen molar-refractivity contribution in [2.24, 2.45) is 0 Å². The SMILES string of the molecule is CSC(SC)[Si](C)C. The third kappa shape index (κ3) is 3.05. The van der Waals surface area contributed by atoms with E-state index in [4.69, 9.17) is 0 Å². The van der Waals surface area contributed by atoms with Crippen molar-refractivity contribution in [3.05, 3.63) is 0 Å². The van der Waals surface area contributed by atoms with Crippen LogP contribution in [0.4, 0.5) is 0 Å². The van der Waals surface area contributed by atoms with Gasteiger partial charge in [-0.15, -0.1) is 0 Å². The zero-order valence-corrected chi connectivity index (χ0v) is 8.53. The molecule has 0 aromatic rings. The highest BCUT2D eigenvalue weighted by molar-refractivity contribution is 8.18. The van der Waals surface area contributed by atoms with Crippen molar-refractivity contribution >= 4 is 32.3 Å². The average Bonchev–Trinajstić information content (AvgIpc) is 1.69. The molecule has 0 aliphatic heterocycles. The molecule has 0 aliphatic rings. The first-order valence-electron chi connectivity index (χ1n) is 2.58. The molecule has 0 saturated heterocycles. The van der Waals surface area contributed by atoms with Gasteiger partial charge in [0.2, 0.25) is 0 Å². The van der Waals surface area contributed by atoms with Crippen LogP contribution in [0.1, 0.15) is 0 Å². The Morgan fingerprint density at radius 3 is 1.50 bits per heavy atom. The van der Waals surface area contributed by atoms with Crippen LogP contribution in [0.3, 0.4) is 0 Å². The van der Waals surface area contributed by atoms with Crippen molar-refractivity contribution in [1.29, 1.82) is 0 Å². The summed E-state index contributed by atoms with van der Waals surface area (Å²) in [5.41, 5.74) is 0. The molecular formula is C5H13S2Si. The second-order valence-electron chi connectivity index (χ2n) is 1.88. The Bertz CT molecular complexity index is 52.4. The molecule has 0 fully saturated rings. The summed E-state index contributed by atoms with van der Waals surface area (Å²) in [5, 5.41) is 0. The maximum atomic E-state index is 2.36. The van der Waals surface area contributed by atoms with Crippen molar-refractivity contribution in [1.82, 2.24) is 0 Å². The summed E-state index contributed by atoms with van der Waals surface area (Å²) in [6, 6.07) is 0. The fourth-order valence-corrected chi connectivity index (χ4v) is 5.11. The highest BCUT2D eigenvalue weighted by atomic mass is 32.2. The van der Waals surface area contributed by atoms with Gasteiger partial charge in [0.25, 0.3) is 0 Å². The van der Waals surface area contributed by atoms with Crippen LogP contribution in [0.25, 0.3) is 0 Å². The maximum absolute atomic E-state index is 2.36. The van der Waals surface area contributed by atoms with Crippen LogP contribution in [0.15, 0.2) is 0 Å². The van der Waals surface area contributed by atoms with Gasteiger partial charge < -0.3 is 0 Å². The maximum Gasteiger partial charge on any atom is 0.0704 e. The number of hydrogen-bond donors (Lipinski definition) is 0. The van der Waals surface area contributed by atoms with Gasteiger partial charge in [-0.1, -0.05) is 13.1 Å². The van der Waals surface area contributed by atoms with E-state index in [1.54, 1.807) is 0 Å². The van der Waals surface area contributed by atoms with Crippen LogP contribution in [-0.4, -0.2) is 25.5 Å². The van der Waals surface area contributed by atoms with Gasteiger partial charge in [-0.05, 0) is 12.5 Å². The lowest BCUT2D eigenvalue weighted by atomic mass is 11.8. The first-order chi connectivity index (χ1) is 3.72. The zero-order chi connectivity index (χ0) is 6.57. The van der Waals surface area contributed by atoms with E-state index in [2.05, 4.69) is 25.6 Å². The van der Waals surface area contributed by atoms with Gasteiger partial charge in [-0.2, -0.15) is 23.5 Å². The third-order valence-corrected chi connectivity index (χ3v) is 8.10. The Hall–Kier alpha value is 0.917. The van der Waals surface area contributed by atoms with Gasteiger partial charge in [0, 0.05) is 4.21 Å². The minimum absolute atomic E-state index is 0.0489. The lowest BCUT2D eigenvalue weighted by Crippen LogP contribution is -2.15. The topological polar surface area (TPSA) is 0 Å². The summed E-state index contributed by atoms with van der Waals surface area (Å²) in [7, 11) is -0.0489. The average molecular weight is 165 g/mol. The fourth-order valence-electron chi connectivity index (χ4n) is 0.568. The number of rotatable bonds is 3. The first kappa shape index (κ1) is 8.92. The summed E-state index contributed by atoms with van der Waals surface area (Å²) in [6.45, 7) is 4.73. The van der Waals surface area contributed by atoms with Crippen molar-refractivity contribution in [3.8, 4) is 0 Å². The minimum atomic E-state index is -0.0489. The van der Waals surface area contributed by atoms with E-state index in [0.29, 0.717) is 0 Å². The Labute approximate surface area is 62.4 Å². The largest absolute Gasteiger partial charge is 0.155 e. The van der Waals surface area contributed by atoms with E-state index in [-0.39, 0.29) is 8.80 Å². The van der Waals surface area contributed by atoms with E-state index in [0.717, 1.165) is 4.21 Å². The molecule has 0 aromatic carbocycles. The van der Waals surface area contributed by atoms with Crippen molar-refractivity contribution < 1.29 is 0 Å². The Kier molecular flexibility index (Phi) is 5.31. The van der Waals surface area contributed by atoms with E-state index in [9.17, 15) is 0 Å². The van der Waals surface area contributed by atoms with Crippen molar-refractivity contribution in [2.75, 3.05) is 12.5 Å². The summed E-state index contributed by atoms with van der Waals surface area (Å²) in [6.07, 6.45) is 4.39. The van der Waals surface area contributed by atoms with Crippen LogP contribution in [0.2, 0.25) is 13.1 Å². The third-order valence-electron chi connectivity index (χ3n) is 0.900. The molecule has 3 heteroatoms. The second-order valence-corrected chi connectivity index (χ2v) is 7.63. The summed E-state index contributed by atoms with van der Waals surface area (Å²) in [5.74, 6) is 0. The smallest absolute Gasteiger partial charge is 0.0704 e. The van der Waals surface area contributed by atoms with E-state index in [1.165, 1.54) is 0 Å². The predicted molar refractivity (Wildman–Crippen MR) is 48.3 cm³/mol. The molecule has 0 spiro atoms. The lowest BCUT2D eigenvalue weighted by Gasteiger charge is -2.12. The Morgan fingerprint density at radius 1 is 1.12 bits per heavy atom. The van der Waals surface area contributed by atoms with Crippen molar-refractivity contribution in [3.63, 3.8) is 0 Å². The predicted octanol–water partition coefficient (Wildman–Crippen LogP) is 2.33. The molecule has 0 rings (SSSR count). The van der Waals surface area contributed by atoms with Crippen molar-refractivity contribution in [2.45, 2.75) is 17.3 Å². The molecule has 0 N–H and O–H groups in total. The van der Waals surface area contributed by atoms with Crippen LogP contribution in [-0.2, 0) is 0 Å². The van der Waals surface area contributed by atoms with Crippen LogP contribution in [0.5, 0.6) is 0 Å². The molecule has 8 heavy (non-hydrogen) atoms. The number of thioether (sulfide) groups is 2. The van der Waals surface area contributed by atoms with Gasteiger partial charge in [-0.3, -0.25) is 0 Å². The molecule has 0 atom stereocenters. The molecule has 0 heterocycles. The van der Waals surface area contributed by atoms with Gasteiger partial charge >= 0.3 is 0 Å². The first-order valence-corrected chi connectivity index (χ1v) is 7.73. The van der Waals surface area contributed by atoms with Gasteiger partial charge in [0.05, 0.1) is 8.80 Å². The standard InChI is InChI=1S/C5H13S2Si/c1-6-5(7-2)8(3)4/h5H,1-4H3. The second kappa shape index (κ2) is 4.76. The molecular weight excluding hydrogens is 152 g/mol. The monoisotopic (exact) mass is 165 g/mol.